The van der Waals surface area contributed by atoms with E-state index in [4.69, 9.17) is 5.73 Å². The molecule has 1 aromatic rings. The van der Waals surface area contributed by atoms with E-state index >= 15 is 0 Å². The fraction of sp³-hybridized carbons (Fsp3) is 0.625. The average molecular weight is 262 g/mol. The number of likely N-dealkylation sites (N-methyl/N-ethyl adjacent to an activating group) is 1. The summed E-state index contributed by atoms with van der Waals surface area (Å²) in [6.07, 6.45) is 4.77. The van der Waals surface area contributed by atoms with Crippen LogP contribution in [0.5, 0.6) is 0 Å². The maximum atomic E-state index is 10.3. The van der Waals surface area contributed by atoms with Gasteiger partial charge >= 0.3 is 0 Å². The van der Waals surface area contributed by atoms with Gasteiger partial charge in [0.25, 0.3) is 0 Å². The van der Waals surface area contributed by atoms with E-state index in [1.165, 1.54) is 25.7 Å². The van der Waals surface area contributed by atoms with E-state index in [-0.39, 0.29) is 0 Å². The van der Waals surface area contributed by atoms with Gasteiger partial charge in [-0.05, 0) is 43.5 Å². The molecular weight excluding hydrogens is 236 g/mol. The van der Waals surface area contributed by atoms with Crippen molar-refractivity contribution in [1.29, 1.82) is 0 Å². The SMILES string of the molecule is CC1CCCCC1N(C)CC(O)c1cccc(N)c1. The summed E-state index contributed by atoms with van der Waals surface area (Å²) < 4.78 is 0. The third kappa shape index (κ3) is 3.71. The Morgan fingerprint density at radius 1 is 1.37 bits per heavy atom. The van der Waals surface area contributed by atoms with Crippen LogP contribution in [0.3, 0.4) is 0 Å². The first kappa shape index (κ1) is 14.4. The standard InChI is InChI=1S/C16H26N2O/c1-12-6-3-4-9-15(12)18(2)11-16(19)13-7-5-8-14(17)10-13/h5,7-8,10,12,15-16,19H,3-4,6,9,11,17H2,1-2H3. The largest absolute Gasteiger partial charge is 0.399 e. The molecule has 1 fully saturated rings. The van der Waals surface area contributed by atoms with Gasteiger partial charge in [-0.15, -0.1) is 0 Å². The van der Waals surface area contributed by atoms with Crippen LogP contribution in [0, 0.1) is 5.92 Å². The molecule has 1 aromatic carbocycles. The first-order chi connectivity index (χ1) is 9.08. The zero-order valence-electron chi connectivity index (χ0n) is 12.0. The molecule has 1 aliphatic rings. The Labute approximate surface area is 116 Å². The molecule has 106 valence electrons. The minimum Gasteiger partial charge on any atom is -0.399 e. The monoisotopic (exact) mass is 262 g/mol. The van der Waals surface area contributed by atoms with Crippen LogP contribution in [0.4, 0.5) is 5.69 Å². The highest BCUT2D eigenvalue weighted by atomic mass is 16.3. The molecule has 0 radical (unpaired) electrons. The van der Waals surface area contributed by atoms with E-state index in [1.807, 2.05) is 24.3 Å². The lowest BCUT2D eigenvalue weighted by molar-refractivity contribution is 0.0710. The molecule has 3 atom stereocenters. The molecule has 0 amide bonds. The molecule has 2 rings (SSSR count). The van der Waals surface area contributed by atoms with Crippen LogP contribution in [0.1, 0.15) is 44.3 Å². The number of benzene rings is 1. The van der Waals surface area contributed by atoms with Gasteiger partial charge in [-0.1, -0.05) is 31.9 Å². The van der Waals surface area contributed by atoms with Crippen LogP contribution in [-0.4, -0.2) is 29.6 Å². The Kier molecular flexibility index (Phi) is 4.83. The van der Waals surface area contributed by atoms with Gasteiger partial charge in [0, 0.05) is 18.3 Å². The lowest BCUT2D eigenvalue weighted by Gasteiger charge is -2.37. The van der Waals surface area contributed by atoms with Crippen molar-refractivity contribution in [3.05, 3.63) is 29.8 Å². The highest BCUT2D eigenvalue weighted by Crippen LogP contribution is 2.28. The molecule has 1 aliphatic carbocycles. The van der Waals surface area contributed by atoms with Gasteiger partial charge in [-0.25, -0.2) is 0 Å². The number of nitrogens with two attached hydrogens (primary N) is 1. The quantitative estimate of drug-likeness (QED) is 0.820. The summed E-state index contributed by atoms with van der Waals surface area (Å²) in [7, 11) is 2.13. The third-order valence-electron chi connectivity index (χ3n) is 4.39. The zero-order valence-corrected chi connectivity index (χ0v) is 12.0. The van der Waals surface area contributed by atoms with Crippen LogP contribution in [0.15, 0.2) is 24.3 Å². The predicted molar refractivity (Wildman–Crippen MR) is 79.9 cm³/mol. The summed E-state index contributed by atoms with van der Waals surface area (Å²) >= 11 is 0. The number of nitrogen functional groups attached to an aromatic ring is 1. The third-order valence-corrected chi connectivity index (χ3v) is 4.39. The first-order valence-corrected chi connectivity index (χ1v) is 7.31. The van der Waals surface area contributed by atoms with Gasteiger partial charge in [0.05, 0.1) is 6.10 Å². The molecule has 0 bridgehead atoms. The maximum absolute atomic E-state index is 10.3. The van der Waals surface area contributed by atoms with Crippen LogP contribution < -0.4 is 5.73 Å². The van der Waals surface area contributed by atoms with Gasteiger partial charge < -0.3 is 15.7 Å². The molecule has 0 heterocycles. The number of hydrogen-bond acceptors (Lipinski definition) is 3. The minimum absolute atomic E-state index is 0.456. The van der Waals surface area contributed by atoms with E-state index in [0.717, 1.165) is 11.5 Å². The molecule has 0 spiro atoms. The van der Waals surface area contributed by atoms with Gasteiger partial charge in [-0.2, -0.15) is 0 Å². The normalized spacial score (nSPS) is 25.5. The van der Waals surface area contributed by atoms with Crippen LogP contribution in [-0.2, 0) is 0 Å². The lowest BCUT2D eigenvalue weighted by atomic mass is 9.85. The molecule has 1 saturated carbocycles. The summed E-state index contributed by atoms with van der Waals surface area (Å²) in [6, 6.07) is 8.16. The Balaban J connectivity index is 1.96. The number of hydrogen-bond donors (Lipinski definition) is 2. The summed E-state index contributed by atoms with van der Waals surface area (Å²) in [5.41, 5.74) is 7.39. The molecule has 0 aromatic heterocycles. The summed E-state index contributed by atoms with van der Waals surface area (Å²) in [4.78, 5) is 2.32. The lowest BCUT2D eigenvalue weighted by Crippen LogP contribution is -2.41. The van der Waals surface area contributed by atoms with Crippen molar-refractivity contribution >= 4 is 5.69 Å². The Morgan fingerprint density at radius 3 is 2.79 bits per heavy atom. The molecule has 0 saturated heterocycles. The van der Waals surface area contributed by atoms with Crippen molar-refractivity contribution in [2.24, 2.45) is 5.92 Å². The first-order valence-electron chi connectivity index (χ1n) is 7.31. The second-order valence-corrected chi connectivity index (χ2v) is 5.95. The Hall–Kier alpha value is -1.06. The fourth-order valence-electron chi connectivity index (χ4n) is 3.23. The number of nitrogens with zero attached hydrogens (tertiary/aromatic N) is 1. The van der Waals surface area contributed by atoms with E-state index in [9.17, 15) is 5.11 Å². The van der Waals surface area contributed by atoms with Gasteiger partial charge in [0.15, 0.2) is 0 Å². The van der Waals surface area contributed by atoms with E-state index in [1.54, 1.807) is 0 Å². The molecule has 0 aliphatic heterocycles. The van der Waals surface area contributed by atoms with Crippen molar-refractivity contribution in [3.63, 3.8) is 0 Å². The number of rotatable bonds is 4. The van der Waals surface area contributed by atoms with E-state index in [0.29, 0.717) is 18.3 Å². The van der Waals surface area contributed by atoms with Crippen molar-refractivity contribution in [2.45, 2.75) is 44.8 Å². The number of aliphatic hydroxyl groups excluding tert-OH is 1. The van der Waals surface area contributed by atoms with Crippen molar-refractivity contribution < 1.29 is 5.11 Å². The smallest absolute Gasteiger partial charge is 0.0917 e. The van der Waals surface area contributed by atoms with Crippen LogP contribution in [0.2, 0.25) is 0 Å². The van der Waals surface area contributed by atoms with Gasteiger partial charge in [-0.3, -0.25) is 0 Å². The minimum atomic E-state index is -0.456. The summed E-state index contributed by atoms with van der Waals surface area (Å²) in [6.45, 7) is 3.01. The van der Waals surface area contributed by atoms with Crippen molar-refractivity contribution in [3.8, 4) is 0 Å². The fourth-order valence-corrected chi connectivity index (χ4v) is 3.23. The highest BCUT2D eigenvalue weighted by Gasteiger charge is 2.26. The van der Waals surface area contributed by atoms with Crippen molar-refractivity contribution in [1.82, 2.24) is 4.90 Å². The van der Waals surface area contributed by atoms with Gasteiger partial charge in [0.2, 0.25) is 0 Å². The van der Waals surface area contributed by atoms with Crippen molar-refractivity contribution in [2.75, 3.05) is 19.3 Å². The molecule has 3 N–H and O–H groups in total. The zero-order chi connectivity index (χ0) is 13.8. The Morgan fingerprint density at radius 2 is 2.11 bits per heavy atom. The Bertz CT molecular complexity index is 407. The molecule has 19 heavy (non-hydrogen) atoms. The molecule has 3 heteroatoms. The maximum Gasteiger partial charge on any atom is 0.0917 e. The van der Waals surface area contributed by atoms with Crippen LogP contribution in [0.25, 0.3) is 0 Å². The number of anilines is 1. The second kappa shape index (κ2) is 6.40. The molecule has 3 unspecified atom stereocenters. The average Bonchev–Trinajstić information content (AvgIpc) is 2.39. The summed E-state index contributed by atoms with van der Waals surface area (Å²) in [5.74, 6) is 0.729. The van der Waals surface area contributed by atoms with E-state index in [2.05, 4.69) is 18.9 Å². The summed E-state index contributed by atoms with van der Waals surface area (Å²) in [5, 5.41) is 10.3. The predicted octanol–water partition coefficient (Wildman–Crippen LogP) is 2.81. The van der Waals surface area contributed by atoms with Crippen LogP contribution >= 0.6 is 0 Å². The topological polar surface area (TPSA) is 49.5 Å². The molecule has 3 nitrogen and oxygen atoms in total. The highest BCUT2D eigenvalue weighted by molar-refractivity contribution is 5.41. The number of aliphatic hydroxyl groups is 1. The van der Waals surface area contributed by atoms with E-state index < -0.39 is 6.10 Å². The molecular formula is C16H26N2O. The second-order valence-electron chi connectivity index (χ2n) is 5.95. The van der Waals surface area contributed by atoms with Gasteiger partial charge in [0.1, 0.15) is 0 Å².